The summed E-state index contributed by atoms with van der Waals surface area (Å²) in [5.41, 5.74) is -0.273. The molecule has 0 spiro atoms. The molecule has 8 heteroatoms. The van der Waals surface area contributed by atoms with E-state index in [0.29, 0.717) is 0 Å². The van der Waals surface area contributed by atoms with E-state index in [2.05, 4.69) is 15.0 Å². The van der Waals surface area contributed by atoms with Crippen molar-refractivity contribution in [1.82, 2.24) is 10.5 Å². The van der Waals surface area contributed by atoms with Crippen LogP contribution in [-0.4, -0.2) is 28.5 Å². The van der Waals surface area contributed by atoms with E-state index in [-0.39, 0.29) is 18.0 Å². The van der Waals surface area contributed by atoms with Gasteiger partial charge in [-0.2, -0.15) is 13.2 Å². The van der Waals surface area contributed by atoms with Gasteiger partial charge in [0, 0.05) is 12.1 Å². The second-order valence-electron chi connectivity index (χ2n) is 3.58. The van der Waals surface area contributed by atoms with E-state index in [1.54, 1.807) is 0 Å². The topological polar surface area (TPSA) is 75.4 Å². The molecule has 0 amide bonds. The molecule has 2 N–H and O–H groups in total. The summed E-state index contributed by atoms with van der Waals surface area (Å²) >= 11 is 0. The number of halogens is 3. The van der Waals surface area contributed by atoms with Gasteiger partial charge in [0.05, 0.1) is 13.0 Å². The summed E-state index contributed by atoms with van der Waals surface area (Å²) in [6.07, 6.45) is -5.20. The minimum atomic E-state index is -4.24. The van der Waals surface area contributed by atoms with Gasteiger partial charge in [-0.15, -0.1) is 0 Å². The Bertz CT molecular complexity index is 389. The fraction of sp³-hybridized carbons (Fsp3) is 0.556. The van der Waals surface area contributed by atoms with Gasteiger partial charge in [-0.05, 0) is 6.92 Å². The first-order valence-electron chi connectivity index (χ1n) is 4.77. The van der Waals surface area contributed by atoms with Gasteiger partial charge in [0.15, 0.2) is 11.5 Å². The molecule has 0 bridgehead atoms. The van der Waals surface area contributed by atoms with Crippen LogP contribution in [0.3, 0.4) is 0 Å². The lowest BCUT2D eigenvalue weighted by atomic mass is 10.2. The summed E-state index contributed by atoms with van der Waals surface area (Å²) in [6, 6.07) is 0.378. The van der Waals surface area contributed by atoms with Crippen LogP contribution in [0.4, 0.5) is 13.2 Å². The standard InChI is InChI=1S/C9H11F3N2O3/c1-5(3-9(10,11)12)13-4-6-2-7(8(15)16)14-17-6/h2,5,13H,3-4H2,1H3,(H,15,16). The van der Waals surface area contributed by atoms with Gasteiger partial charge in [0.2, 0.25) is 0 Å². The number of hydrogen-bond acceptors (Lipinski definition) is 4. The number of aromatic carboxylic acids is 1. The molecule has 0 aliphatic rings. The van der Waals surface area contributed by atoms with Crippen LogP contribution < -0.4 is 5.32 Å². The van der Waals surface area contributed by atoms with E-state index >= 15 is 0 Å². The summed E-state index contributed by atoms with van der Waals surface area (Å²) in [4.78, 5) is 10.4. The van der Waals surface area contributed by atoms with E-state index in [9.17, 15) is 18.0 Å². The summed E-state index contributed by atoms with van der Waals surface area (Å²) in [7, 11) is 0. The van der Waals surface area contributed by atoms with Crippen molar-refractivity contribution in [1.29, 1.82) is 0 Å². The lowest BCUT2D eigenvalue weighted by Crippen LogP contribution is -2.30. The molecule has 1 aromatic rings. The molecule has 1 unspecified atom stereocenters. The molecule has 0 fully saturated rings. The lowest BCUT2D eigenvalue weighted by molar-refractivity contribution is -0.139. The highest BCUT2D eigenvalue weighted by molar-refractivity contribution is 5.85. The summed E-state index contributed by atoms with van der Waals surface area (Å²) < 4.78 is 40.6. The van der Waals surface area contributed by atoms with Gasteiger partial charge >= 0.3 is 12.1 Å². The fourth-order valence-electron chi connectivity index (χ4n) is 1.19. The molecule has 0 saturated carbocycles. The Kier molecular flexibility index (Phi) is 4.11. The van der Waals surface area contributed by atoms with Crippen molar-refractivity contribution in [3.8, 4) is 0 Å². The SMILES string of the molecule is CC(CC(F)(F)F)NCc1cc(C(=O)O)no1. The molecule has 1 heterocycles. The zero-order valence-corrected chi connectivity index (χ0v) is 8.91. The molecule has 0 aliphatic heterocycles. The Labute approximate surface area is 94.6 Å². The second kappa shape index (κ2) is 5.17. The maximum absolute atomic E-state index is 12.0. The largest absolute Gasteiger partial charge is 0.476 e. The molecule has 0 aromatic carbocycles. The van der Waals surface area contributed by atoms with E-state index in [0.717, 1.165) is 6.07 Å². The van der Waals surface area contributed by atoms with Crippen molar-refractivity contribution in [3.63, 3.8) is 0 Å². The monoisotopic (exact) mass is 252 g/mol. The molecular formula is C9H11F3N2O3. The third-order valence-electron chi connectivity index (χ3n) is 1.94. The van der Waals surface area contributed by atoms with Gasteiger partial charge in [-0.1, -0.05) is 5.16 Å². The number of carboxylic acids is 1. The highest BCUT2D eigenvalue weighted by atomic mass is 19.4. The van der Waals surface area contributed by atoms with Crippen molar-refractivity contribution < 1.29 is 27.6 Å². The van der Waals surface area contributed by atoms with Gasteiger partial charge in [-0.25, -0.2) is 4.79 Å². The van der Waals surface area contributed by atoms with Crippen molar-refractivity contribution in [3.05, 3.63) is 17.5 Å². The number of carboxylic acid groups (broad SMARTS) is 1. The van der Waals surface area contributed by atoms with E-state index in [4.69, 9.17) is 5.11 Å². The van der Waals surface area contributed by atoms with E-state index in [1.165, 1.54) is 6.92 Å². The Morgan fingerprint density at radius 2 is 2.29 bits per heavy atom. The molecule has 0 radical (unpaired) electrons. The number of alkyl halides is 3. The quantitative estimate of drug-likeness (QED) is 0.835. The molecular weight excluding hydrogens is 241 g/mol. The van der Waals surface area contributed by atoms with Gasteiger partial charge in [-0.3, -0.25) is 0 Å². The third kappa shape index (κ3) is 4.85. The van der Waals surface area contributed by atoms with Crippen LogP contribution in [0.15, 0.2) is 10.6 Å². The molecule has 0 aliphatic carbocycles. The normalized spacial score (nSPS) is 13.6. The Balaban J connectivity index is 2.42. The predicted molar refractivity (Wildman–Crippen MR) is 50.4 cm³/mol. The summed E-state index contributed by atoms with van der Waals surface area (Å²) in [6.45, 7) is 1.37. The molecule has 0 saturated heterocycles. The fourth-order valence-corrected chi connectivity index (χ4v) is 1.19. The number of rotatable bonds is 5. The third-order valence-corrected chi connectivity index (χ3v) is 1.94. The van der Waals surface area contributed by atoms with Crippen molar-refractivity contribution in [2.75, 3.05) is 0 Å². The van der Waals surface area contributed by atoms with Crippen LogP contribution in [0, 0.1) is 0 Å². The van der Waals surface area contributed by atoms with E-state index in [1.807, 2.05) is 0 Å². The van der Waals surface area contributed by atoms with Crippen LogP contribution in [0.1, 0.15) is 29.6 Å². The van der Waals surface area contributed by atoms with Crippen LogP contribution in [0.2, 0.25) is 0 Å². The summed E-state index contributed by atoms with van der Waals surface area (Å²) in [5, 5.41) is 14.3. The molecule has 1 aromatic heterocycles. The zero-order chi connectivity index (χ0) is 13.1. The average Bonchev–Trinajstić information content (AvgIpc) is 2.60. The molecule has 17 heavy (non-hydrogen) atoms. The maximum Gasteiger partial charge on any atom is 0.390 e. The average molecular weight is 252 g/mol. The maximum atomic E-state index is 12.0. The number of hydrogen-bond donors (Lipinski definition) is 2. The Morgan fingerprint density at radius 1 is 1.65 bits per heavy atom. The first-order valence-corrected chi connectivity index (χ1v) is 4.77. The highest BCUT2D eigenvalue weighted by Gasteiger charge is 2.29. The predicted octanol–water partition coefficient (Wildman–Crippen LogP) is 1.80. The van der Waals surface area contributed by atoms with Crippen molar-refractivity contribution in [2.24, 2.45) is 0 Å². The van der Waals surface area contributed by atoms with Crippen LogP contribution >= 0.6 is 0 Å². The molecule has 5 nitrogen and oxygen atoms in total. The minimum absolute atomic E-state index is 0.00245. The van der Waals surface area contributed by atoms with Crippen LogP contribution in [-0.2, 0) is 6.54 Å². The Hall–Kier alpha value is -1.57. The first kappa shape index (κ1) is 13.5. The smallest absolute Gasteiger partial charge is 0.390 e. The van der Waals surface area contributed by atoms with E-state index < -0.39 is 24.6 Å². The highest BCUT2D eigenvalue weighted by Crippen LogP contribution is 2.21. The zero-order valence-electron chi connectivity index (χ0n) is 8.91. The van der Waals surface area contributed by atoms with Gasteiger partial charge in [0.25, 0.3) is 0 Å². The lowest BCUT2D eigenvalue weighted by Gasteiger charge is -2.14. The van der Waals surface area contributed by atoms with Crippen molar-refractivity contribution in [2.45, 2.75) is 32.1 Å². The number of nitrogens with one attached hydrogen (secondary N) is 1. The van der Waals surface area contributed by atoms with Crippen molar-refractivity contribution >= 4 is 5.97 Å². The van der Waals surface area contributed by atoms with Gasteiger partial charge < -0.3 is 14.9 Å². The first-order chi connectivity index (χ1) is 7.78. The second-order valence-corrected chi connectivity index (χ2v) is 3.58. The number of nitrogens with zero attached hydrogens (tertiary/aromatic N) is 1. The molecule has 1 atom stereocenters. The van der Waals surface area contributed by atoms with Crippen LogP contribution in [0.5, 0.6) is 0 Å². The summed E-state index contributed by atoms with van der Waals surface area (Å²) in [5.74, 6) is -1.07. The van der Waals surface area contributed by atoms with Gasteiger partial charge in [0.1, 0.15) is 0 Å². The minimum Gasteiger partial charge on any atom is -0.476 e. The number of carbonyl (C=O) groups is 1. The Morgan fingerprint density at radius 3 is 2.76 bits per heavy atom. The molecule has 96 valence electrons. The van der Waals surface area contributed by atoms with Crippen LogP contribution in [0.25, 0.3) is 0 Å². The molecule has 1 rings (SSSR count). The number of aromatic nitrogens is 1.